The predicted molar refractivity (Wildman–Crippen MR) is 55.2 cm³/mol. The third-order valence-corrected chi connectivity index (χ3v) is 1.78. The van der Waals surface area contributed by atoms with Crippen LogP contribution in [-0.4, -0.2) is 36.2 Å². The van der Waals surface area contributed by atoms with Crippen LogP contribution in [0.5, 0.6) is 0 Å². The Kier molecular flexibility index (Phi) is 7.62. The molecule has 0 aromatic rings. The molecule has 0 fully saturated rings. The molecule has 0 aromatic carbocycles. The second kappa shape index (κ2) is 8.23. The molecule has 1 amide bonds. The van der Waals surface area contributed by atoms with E-state index in [0.29, 0.717) is 13.2 Å². The van der Waals surface area contributed by atoms with Crippen LogP contribution in [0.2, 0.25) is 0 Å². The van der Waals surface area contributed by atoms with Gasteiger partial charge in [0.1, 0.15) is 6.10 Å². The molecule has 1 unspecified atom stereocenters. The molecule has 0 bridgehead atoms. The highest BCUT2D eigenvalue weighted by molar-refractivity contribution is 5.73. The first-order chi connectivity index (χ1) is 7.04. The van der Waals surface area contributed by atoms with Gasteiger partial charge in [-0.1, -0.05) is 0 Å². The molecular formula is C10H19NO4. The van der Waals surface area contributed by atoms with Crippen molar-refractivity contribution < 1.29 is 19.4 Å². The van der Waals surface area contributed by atoms with E-state index in [1.54, 1.807) is 0 Å². The fourth-order valence-electron chi connectivity index (χ4n) is 0.962. The van der Waals surface area contributed by atoms with Crippen molar-refractivity contribution in [1.29, 1.82) is 0 Å². The molecule has 5 heteroatoms. The van der Waals surface area contributed by atoms with Crippen molar-refractivity contribution in [3.8, 4) is 0 Å². The van der Waals surface area contributed by atoms with Gasteiger partial charge < -0.3 is 15.2 Å². The highest BCUT2D eigenvalue weighted by Gasteiger charge is 2.08. The molecule has 15 heavy (non-hydrogen) atoms. The summed E-state index contributed by atoms with van der Waals surface area (Å²) < 4.78 is 4.75. The number of aliphatic hydroxyl groups excluding tert-OH is 1. The minimum absolute atomic E-state index is 0.0319. The lowest BCUT2D eigenvalue weighted by atomic mass is 10.2. The van der Waals surface area contributed by atoms with Gasteiger partial charge in [0.15, 0.2) is 0 Å². The summed E-state index contributed by atoms with van der Waals surface area (Å²) in [6, 6.07) is 0. The fourth-order valence-corrected chi connectivity index (χ4v) is 0.962. The summed E-state index contributed by atoms with van der Waals surface area (Å²) in [5.74, 6) is -0.618. The predicted octanol–water partition coefficient (Wildman–Crippen LogP) is 0.217. The molecule has 0 aromatic heterocycles. The molecule has 0 aliphatic rings. The van der Waals surface area contributed by atoms with Crippen molar-refractivity contribution >= 4 is 11.9 Å². The van der Waals surface area contributed by atoms with Crippen LogP contribution in [-0.2, 0) is 14.3 Å². The van der Waals surface area contributed by atoms with Gasteiger partial charge >= 0.3 is 5.97 Å². The van der Waals surface area contributed by atoms with Crippen molar-refractivity contribution in [3.05, 3.63) is 0 Å². The largest absolute Gasteiger partial charge is 0.464 e. The number of ether oxygens (including phenoxy) is 1. The van der Waals surface area contributed by atoms with E-state index in [1.807, 2.05) is 0 Å². The third-order valence-electron chi connectivity index (χ3n) is 1.78. The monoisotopic (exact) mass is 217 g/mol. The summed E-state index contributed by atoms with van der Waals surface area (Å²) in [7, 11) is 0. The van der Waals surface area contributed by atoms with Crippen LogP contribution < -0.4 is 5.32 Å². The third kappa shape index (κ3) is 9.21. The number of nitrogens with one attached hydrogen (secondary N) is 1. The number of hydrogen-bond donors (Lipinski definition) is 2. The van der Waals surface area contributed by atoms with E-state index in [0.717, 1.165) is 19.3 Å². The molecule has 0 saturated carbocycles. The molecule has 0 radical (unpaired) electrons. The molecule has 0 spiro atoms. The number of aliphatic hydroxyl groups is 1. The van der Waals surface area contributed by atoms with E-state index in [-0.39, 0.29) is 5.91 Å². The summed E-state index contributed by atoms with van der Waals surface area (Å²) in [6.45, 7) is 3.83. The Hall–Kier alpha value is -1.10. The summed E-state index contributed by atoms with van der Waals surface area (Å²) in [6.07, 6.45) is 1.45. The molecule has 0 heterocycles. The zero-order valence-corrected chi connectivity index (χ0v) is 9.28. The molecule has 0 saturated heterocycles. The number of carbonyl (C=O) groups excluding carboxylic acids is 2. The van der Waals surface area contributed by atoms with Crippen LogP contribution >= 0.6 is 0 Å². The Bertz CT molecular complexity index is 204. The van der Waals surface area contributed by atoms with Gasteiger partial charge in [-0.25, -0.2) is 4.79 Å². The van der Waals surface area contributed by atoms with Gasteiger partial charge in [0, 0.05) is 13.5 Å². The first kappa shape index (κ1) is 13.9. The van der Waals surface area contributed by atoms with Crippen LogP contribution in [0.15, 0.2) is 0 Å². The van der Waals surface area contributed by atoms with Crippen LogP contribution in [0.4, 0.5) is 0 Å². The van der Waals surface area contributed by atoms with Crippen LogP contribution in [0.3, 0.4) is 0 Å². The molecule has 0 aliphatic heterocycles. The van der Waals surface area contributed by atoms with Gasteiger partial charge in [0.2, 0.25) is 5.91 Å². The summed E-state index contributed by atoms with van der Waals surface area (Å²) in [5.41, 5.74) is 0. The second-order valence-corrected chi connectivity index (χ2v) is 3.39. The molecule has 5 nitrogen and oxygen atoms in total. The molecule has 1 atom stereocenters. The SMILES string of the molecule is CC(=O)NCCCCCOC(=O)C(C)O. The number of rotatable bonds is 7. The maximum atomic E-state index is 10.8. The molecule has 2 N–H and O–H groups in total. The smallest absolute Gasteiger partial charge is 0.334 e. The van der Waals surface area contributed by atoms with Crippen molar-refractivity contribution in [2.24, 2.45) is 0 Å². The van der Waals surface area contributed by atoms with Crippen LogP contribution in [0.1, 0.15) is 33.1 Å². The second-order valence-electron chi connectivity index (χ2n) is 3.39. The van der Waals surface area contributed by atoms with Crippen molar-refractivity contribution in [2.75, 3.05) is 13.2 Å². The zero-order valence-electron chi connectivity index (χ0n) is 9.28. The lowest BCUT2D eigenvalue weighted by molar-refractivity contribution is -0.152. The maximum Gasteiger partial charge on any atom is 0.334 e. The van der Waals surface area contributed by atoms with Gasteiger partial charge in [-0.3, -0.25) is 4.79 Å². The highest BCUT2D eigenvalue weighted by atomic mass is 16.5. The summed E-state index contributed by atoms with van der Waals surface area (Å²) >= 11 is 0. The quantitative estimate of drug-likeness (QED) is 0.472. The Balaban J connectivity index is 3.18. The van der Waals surface area contributed by atoms with Crippen molar-refractivity contribution in [3.63, 3.8) is 0 Å². The minimum Gasteiger partial charge on any atom is -0.464 e. The topological polar surface area (TPSA) is 75.6 Å². The number of esters is 1. The summed E-state index contributed by atoms with van der Waals surface area (Å²) in [4.78, 5) is 21.3. The van der Waals surface area contributed by atoms with Gasteiger partial charge in [-0.05, 0) is 26.2 Å². The van der Waals surface area contributed by atoms with E-state index in [2.05, 4.69) is 5.32 Å². The number of hydrogen-bond acceptors (Lipinski definition) is 4. The number of carbonyl (C=O) groups is 2. The lowest BCUT2D eigenvalue weighted by Gasteiger charge is -2.06. The van der Waals surface area contributed by atoms with E-state index < -0.39 is 12.1 Å². The van der Waals surface area contributed by atoms with Gasteiger partial charge in [0.25, 0.3) is 0 Å². The van der Waals surface area contributed by atoms with E-state index in [4.69, 9.17) is 9.84 Å². The Morgan fingerprint density at radius 3 is 2.53 bits per heavy atom. The summed E-state index contributed by atoms with van der Waals surface area (Å²) in [5, 5.41) is 11.5. The minimum atomic E-state index is -1.05. The lowest BCUT2D eigenvalue weighted by Crippen LogP contribution is -2.21. The highest BCUT2D eigenvalue weighted by Crippen LogP contribution is 1.96. The Labute approximate surface area is 89.8 Å². The fraction of sp³-hybridized carbons (Fsp3) is 0.800. The Morgan fingerprint density at radius 1 is 1.33 bits per heavy atom. The maximum absolute atomic E-state index is 10.8. The first-order valence-electron chi connectivity index (χ1n) is 5.13. The Morgan fingerprint density at radius 2 is 2.00 bits per heavy atom. The average Bonchev–Trinajstić information content (AvgIpc) is 2.15. The molecule has 88 valence electrons. The number of amides is 1. The van der Waals surface area contributed by atoms with Gasteiger partial charge in [0.05, 0.1) is 6.61 Å². The van der Waals surface area contributed by atoms with E-state index >= 15 is 0 Å². The molecule has 0 aliphatic carbocycles. The number of unbranched alkanes of at least 4 members (excludes halogenated alkanes) is 2. The van der Waals surface area contributed by atoms with Crippen molar-refractivity contribution in [1.82, 2.24) is 5.32 Å². The van der Waals surface area contributed by atoms with E-state index in [9.17, 15) is 9.59 Å². The standard InChI is InChI=1S/C10H19NO4/c1-8(12)10(14)15-7-5-3-4-6-11-9(2)13/h8,12H,3-7H2,1-2H3,(H,11,13). The van der Waals surface area contributed by atoms with Gasteiger partial charge in [-0.15, -0.1) is 0 Å². The molecule has 0 rings (SSSR count). The van der Waals surface area contributed by atoms with Crippen LogP contribution in [0.25, 0.3) is 0 Å². The van der Waals surface area contributed by atoms with Crippen molar-refractivity contribution in [2.45, 2.75) is 39.2 Å². The zero-order chi connectivity index (χ0) is 11.7. The average molecular weight is 217 g/mol. The van der Waals surface area contributed by atoms with E-state index in [1.165, 1.54) is 13.8 Å². The van der Waals surface area contributed by atoms with Gasteiger partial charge in [-0.2, -0.15) is 0 Å². The molecular weight excluding hydrogens is 198 g/mol. The normalized spacial score (nSPS) is 11.9. The first-order valence-corrected chi connectivity index (χ1v) is 5.13. The van der Waals surface area contributed by atoms with Crippen LogP contribution in [0, 0.1) is 0 Å².